The maximum atomic E-state index is 12.0. The van der Waals surface area contributed by atoms with Crippen LogP contribution in [0.25, 0.3) is 0 Å². The van der Waals surface area contributed by atoms with Gasteiger partial charge in [0.25, 0.3) is 0 Å². The van der Waals surface area contributed by atoms with Gasteiger partial charge in [-0.2, -0.15) is 0 Å². The Hall–Kier alpha value is -1.63. The Labute approximate surface area is 145 Å². The van der Waals surface area contributed by atoms with E-state index in [9.17, 15) is 14.7 Å². The molecule has 1 aromatic rings. The molecule has 1 N–H and O–H groups in total. The van der Waals surface area contributed by atoms with E-state index in [0.717, 1.165) is 5.56 Å². The monoisotopic (exact) mass is 352 g/mol. The van der Waals surface area contributed by atoms with Crippen LogP contribution in [0.2, 0.25) is 5.02 Å². The molecule has 2 heterocycles. The number of likely N-dealkylation sites (tertiary alicyclic amines) is 2. The number of carboxylic acid groups (broad SMARTS) is 1. The van der Waals surface area contributed by atoms with Gasteiger partial charge in [-0.1, -0.05) is 29.8 Å². The summed E-state index contributed by atoms with van der Waals surface area (Å²) < 4.78 is 4.88. The zero-order valence-corrected chi connectivity index (χ0v) is 14.3. The molecule has 1 aromatic carbocycles. The third kappa shape index (κ3) is 3.01. The van der Waals surface area contributed by atoms with Gasteiger partial charge in [0.2, 0.25) is 5.91 Å². The number of benzene rings is 1. The van der Waals surface area contributed by atoms with Crippen LogP contribution in [0.15, 0.2) is 24.3 Å². The second-order valence-corrected chi connectivity index (χ2v) is 7.03. The molecule has 2 saturated heterocycles. The van der Waals surface area contributed by atoms with Crippen molar-refractivity contribution in [3.05, 3.63) is 34.9 Å². The number of hydrogen-bond acceptors (Lipinski definition) is 4. The van der Waals surface area contributed by atoms with Crippen molar-refractivity contribution in [2.24, 2.45) is 11.3 Å². The van der Waals surface area contributed by atoms with Crippen LogP contribution in [0.1, 0.15) is 5.56 Å². The van der Waals surface area contributed by atoms with Gasteiger partial charge in [-0.3, -0.25) is 14.5 Å². The van der Waals surface area contributed by atoms with Gasteiger partial charge in [0.1, 0.15) is 12.0 Å². The first kappa shape index (κ1) is 17.2. The molecule has 0 aliphatic carbocycles. The molecule has 2 aliphatic rings. The largest absolute Gasteiger partial charge is 0.481 e. The number of hydrogen-bond donors (Lipinski definition) is 1. The van der Waals surface area contributed by atoms with Gasteiger partial charge in [0.15, 0.2) is 0 Å². The molecule has 0 bridgehead atoms. The Kier molecular flexibility index (Phi) is 4.80. The minimum Gasteiger partial charge on any atom is -0.481 e. The number of carbonyl (C=O) groups excluding carboxylic acids is 1. The third-order valence-electron chi connectivity index (χ3n) is 5.08. The highest BCUT2D eigenvalue weighted by Crippen LogP contribution is 2.43. The number of aliphatic carboxylic acids is 1. The highest BCUT2D eigenvalue weighted by molar-refractivity contribution is 6.31. The highest BCUT2D eigenvalue weighted by atomic mass is 35.5. The van der Waals surface area contributed by atoms with Crippen molar-refractivity contribution < 1.29 is 19.4 Å². The van der Waals surface area contributed by atoms with Crippen LogP contribution in [0.4, 0.5) is 0 Å². The molecule has 0 aromatic heterocycles. The number of amides is 1. The van der Waals surface area contributed by atoms with Crippen LogP contribution < -0.4 is 0 Å². The molecule has 24 heavy (non-hydrogen) atoms. The first-order chi connectivity index (χ1) is 11.5. The Balaban J connectivity index is 1.73. The molecule has 6 nitrogen and oxygen atoms in total. The normalized spacial score (nSPS) is 26.6. The Morgan fingerprint density at radius 3 is 2.71 bits per heavy atom. The molecule has 2 fully saturated rings. The first-order valence-electron chi connectivity index (χ1n) is 7.92. The molecule has 0 saturated carbocycles. The summed E-state index contributed by atoms with van der Waals surface area (Å²) in [4.78, 5) is 27.8. The minimum absolute atomic E-state index is 0.00818. The van der Waals surface area contributed by atoms with E-state index in [1.165, 1.54) is 7.11 Å². The number of rotatable bonds is 5. The van der Waals surface area contributed by atoms with Crippen LogP contribution in [0.3, 0.4) is 0 Å². The number of ether oxygens (including phenoxy) is 1. The zero-order chi connectivity index (χ0) is 17.3. The van der Waals surface area contributed by atoms with Gasteiger partial charge in [-0.15, -0.1) is 0 Å². The van der Waals surface area contributed by atoms with Gasteiger partial charge in [0, 0.05) is 50.8 Å². The third-order valence-corrected chi connectivity index (χ3v) is 5.45. The van der Waals surface area contributed by atoms with Crippen molar-refractivity contribution in [3.63, 3.8) is 0 Å². The molecule has 0 spiro atoms. The van der Waals surface area contributed by atoms with E-state index in [4.69, 9.17) is 16.3 Å². The average molecular weight is 353 g/mol. The predicted octanol–water partition coefficient (Wildman–Crippen LogP) is 1.33. The summed E-state index contributed by atoms with van der Waals surface area (Å²) in [5, 5.41) is 10.5. The SMILES string of the molecule is COCC(=O)N1C[C@@H]2CN(Cc3ccccc3Cl)C[C@]2(C(=O)O)C1. The van der Waals surface area contributed by atoms with Gasteiger partial charge < -0.3 is 14.7 Å². The summed E-state index contributed by atoms with van der Waals surface area (Å²) in [7, 11) is 1.47. The summed E-state index contributed by atoms with van der Waals surface area (Å²) in [5.41, 5.74) is 0.0944. The van der Waals surface area contributed by atoms with E-state index in [0.29, 0.717) is 31.2 Å². The fraction of sp³-hybridized carbons (Fsp3) is 0.529. The lowest BCUT2D eigenvalue weighted by molar-refractivity contribution is -0.149. The number of carbonyl (C=O) groups is 2. The molecule has 0 radical (unpaired) electrons. The van der Waals surface area contributed by atoms with E-state index in [-0.39, 0.29) is 25.0 Å². The number of halogens is 1. The molecular weight excluding hydrogens is 332 g/mol. The predicted molar refractivity (Wildman–Crippen MR) is 88.7 cm³/mol. The van der Waals surface area contributed by atoms with Gasteiger partial charge in [-0.05, 0) is 11.6 Å². The van der Waals surface area contributed by atoms with E-state index in [2.05, 4.69) is 4.90 Å². The van der Waals surface area contributed by atoms with Gasteiger partial charge in [0.05, 0.1) is 0 Å². The number of carboxylic acids is 1. The second kappa shape index (κ2) is 6.70. The number of nitrogens with zero attached hydrogens (tertiary/aromatic N) is 2. The maximum absolute atomic E-state index is 12.0. The molecule has 3 rings (SSSR count). The average Bonchev–Trinajstić information content (AvgIpc) is 3.05. The fourth-order valence-corrected chi connectivity index (χ4v) is 4.06. The van der Waals surface area contributed by atoms with Crippen molar-refractivity contribution in [2.45, 2.75) is 6.54 Å². The lowest BCUT2D eigenvalue weighted by Gasteiger charge is -2.25. The van der Waals surface area contributed by atoms with Crippen LogP contribution in [0.5, 0.6) is 0 Å². The molecule has 2 atom stereocenters. The zero-order valence-electron chi connectivity index (χ0n) is 13.6. The smallest absolute Gasteiger partial charge is 0.313 e. The Morgan fingerprint density at radius 1 is 1.33 bits per heavy atom. The molecular formula is C17H21ClN2O4. The van der Waals surface area contributed by atoms with Gasteiger partial charge in [-0.25, -0.2) is 0 Å². The maximum Gasteiger partial charge on any atom is 0.313 e. The van der Waals surface area contributed by atoms with Crippen molar-refractivity contribution in [1.29, 1.82) is 0 Å². The summed E-state index contributed by atoms with van der Waals surface area (Å²) in [5.74, 6) is -1.05. The minimum atomic E-state index is -0.898. The van der Waals surface area contributed by atoms with Gasteiger partial charge >= 0.3 is 5.97 Å². The molecule has 130 valence electrons. The fourth-order valence-electron chi connectivity index (χ4n) is 3.86. The van der Waals surface area contributed by atoms with E-state index >= 15 is 0 Å². The summed E-state index contributed by atoms with van der Waals surface area (Å²) in [6, 6.07) is 7.60. The van der Waals surface area contributed by atoms with Crippen molar-refractivity contribution in [1.82, 2.24) is 9.80 Å². The Bertz CT molecular complexity index is 653. The quantitative estimate of drug-likeness (QED) is 0.865. The van der Waals surface area contributed by atoms with Crippen molar-refractivity contribution in [2.75, 3.05) is 39.9 Å². The lowest BCUT2D eigenvalue weighted by atomic mass is 9.81. The molecule has 1 amide bonds. The van der Waals surface area contributed by atoms with Crippen LogP contribution in [-0.2, 0) is 20.9 Å². The second-order valence-electron chi connectivity index (χ2n) is 6.63. The number of fused-ring (bicyclic) bond motifs is 1. The van der Waals surface area contributed by atoms with E-state index < -0.39 is 11.4 Å². The van der Waals surface area contributed by atoms with Crippen LogP contribution >= 0.6 is 11.6 Å². The Morgan fingerprint density at radius 2 is 2.08 bits per heavy atom. The van der Waals surface area contributed by atoms with Crippen LogP contribution in [-0.4, -0.2) is 66.7 Å². The summed E-state index contributed by atoms with van der Waals surface area (Å²) >= 11 is 6.21. The summed E-state index contributed by atoms with van der Waals surface area (Å²) in [6.45, 7) is 2.40. The number of methoxy groups -OCH3 is 1. The van der Waals surface area contributed by atoms with E-state index in [1.54, 1.807) is 4.90 Å². The van der Waals surface area contributed by atoms with E-state index in [1.807, 2.05) is 24.3 Å². The van der Waals surface area contributed by atoms with Crippen molar-refractivity contribution >= 4 is 23.5 Å². The van der Waals surface area contributed by atoms with Crippen LogP contribution in [0, 0.1) is 11.3 Å². The standard InChI is InChI=1S/C17H21ClN2O4/c1-24-9-15(21)20-8-13-7-19(10-17(13,11-20)16(22)23)6-12-4-2-3-5-14(12)18/h2-5,13H,6-11H2,1H3,(H,22,23)/t13-,17-/m0/s1. The topological polar surface area (TPSA) is 70.1 Å². The molecule has 2 aliphatic heterocycles. The first-order valence-corrected chi connectivity index (χ1v) is 8.30. The lowest BCUT2D eigenvalue weighted by Crippen LogP contribution is -2.42. The molecule has 0 unspecified atom stereocenters. The van der Waals surface area contributed by atoms with Crippen molar-refractivity contribution in [3.8, 4) is 0 Å². The highest BCUT2D eigenvalue weighted by Gasteiger charge is 2.58. The summed E-state index contributed by atoms with van der Waals surface area (Å²) in [6.07, 6.45) is 0. The molecule has 7 heteroatoms.